The van der Waals surface area contributed by atoms with Crippen molar-refractivity contribution >= 4 is 32.7 Å². The van der Waals surface area contributed by atoms with Crippen LogP contribution in [-0.2, 0) is 0 Å². The highest BCUT2D eigenvalue weighted by atomic mass is 79.9. The molecule has 0 fully saturated rings. The van der Waals surface area contributed by atoms with Crippen LogP contribution in [0.3, 0.4) is 0 Å². The maximum Gasteiger partial charge on any atom is 0.227 e. The first-order valence-corrected chi connectivity index (χ1v) is 7.47. The largest absolute Gasteiger partial charge is 0.493 e. The fourth-order valence-corrected chi connectivity index (χ4v) is 2.75. The van der Waals surface area contributed by atoms with E-state index in [9.17, 15) is 0 Å². The van der Waals surface area contributed by atoms with Crippen molar-refractivity contribution in [1.29, 1.82) is 0 Å². The van der Waals surface area contributed by atoms with Gasteiger partial charge in [-0.25, -0.2) is 4.98 Å². The molecule has 3 rings (SSSR count). The molecular formula is C16H15BrN2O2. The van der Waals surface area contributed by atoms with Crippen LogP contribution in [-0.4, -0.2) is 11.6 Å². The molecule has 0 aliphatic heterocycles. The van der Waals surface area contributed by atoms with Crippen LogP contribution in [0.5, 0.6) is 5.75 Å². The highest BCUT2D eigenvalue weighted by Gasteiger charge is 2.12. The van der Waals surface area contributed by atoms with E-state index in [0.29, 0.717) is 18.2 Å². The van der Waals surface area contributed by atoms with E-state index in [-0.39, 0.29) is 0 Å². The molecule has 0 bridgehead atoms. The van der Waals surface area contributed by atoms with Gasteiger partial charge in [0.2, 0.25) is 5.89 Å². The second kappa shape index (κ2) is 5.41. The van der Waals surface area contributed by atoms with E-state index in [0.717, 1.165) is 32.4 Å². The standard InChI is InChI=1S/C16H15BrN2O2/c1-3-20-14-5-4-10(7-12(14)17)16-19-13-8-11(18)6-9(2)15(13)21-16/h4-8H,3,18H2,1-2H3. The molecule has 2 N–H and O–H groups in total. The number of oxazole rings is 1. The summed E-state index contributed by atoms with van der Waals surface area (Å²) in [4.78, 5) is 4.51. The number of aromatic nitrogens is 1. The van der Waals surface area contributed by atoms with Crippen molar-refractivity contribution in [2.75, 3.05) is 12.3 Å². The number of hydrogen-bond acceptors (Lipinski definition) is 4. The quantitative estimate of drug-likeness (QED) is 0.706. The first-order valence-electron chi connectivity index (χ1n) is 6.68. The number of rotatable bonds is 3. The number of aryl methyl sites for hydroxylation is 1. The van der Waals surface area contributed by atoms with Gasteiger partial charge in [-0.3, -0.25) is 0 Å². The van der Waals surface area contributed by atoms with E-state index >= 15 is 0 Å². The molecule has 0 aliphatic rings. The van der Waals surface area contributed by atoms with Crippen molar-refractivity contribution in [3.05, 3.63) is 40.4 Å². The Labute approximate surface area is 131 Å². The summed E-state index contributed by atoms with van der Waals surface area (Å²) in [6.07, 6.45) is 0. The van der Waals surface area contributed by atoms with Gasteiger partial charge in [-0.15, -0.1) is 0 Å². The van der Waals surface area contributed by atoms with E-state index in [2.05, 4.69) is 20.9 Å². The SMILES string of the molecule is CCOc1ccc(-c2nc3cc(N)cc(C)c3o2)cc1Br. The van der Waals surface area contributed by atoms with Gasteiger partial charge < -0.3 is 14.9 Å². The smallest absolute Gasteiger partial charge is 0.227 e. The van der Waals surface area contributed by atoms with Crippen LogP contribution in [0.25, 0.3) is 22.6 Å². The zero-order chi connectivity index (χ0) is 15.0. The molecule has 0 radical (unpaired) electrons. The number of nitrogen functional groups attached to an aromatic ring is 1. The third-order valence-corrected chi connectivity index (χ3v) is 3.80. The van der Waals surface area contributed by atoms with Crippen molar-refractivity contribution in [2.24, 2.45) is 0 Å². The lowest BCUT2D eigenvalue weighted by atomic mass is 10.2. The van der Waals surface area contributed by atoms with Crippen molar-refractivity contribution in [3.63, 3.8) is 0 Å². The molecule has 0 unspecified atom stereocenters. The number of hydrogen-bond donors (Lipinski definition) is 1. The van der Waals surface area contributed by atoms with E-state index in [1.165, 1.54) is 0 Å². The van der Waals surface area contributed by atoms with Crippen LogP contribution in [0.15, 0.2) is 39.2 Å². The summed E-state index contributed by atoms with van der Waals surface area (Å²) in [5.41, 5.74) is 9.94. The topological polar surface area (TPSA) is 61.3 Å². The average molecular weight is 347 g/mol. The summed E-state index contributed by atoms with van der Waals surface area (Å²) >= 11 is 3.50. The van der Waals surface area contributed by atoms with Crippen LogP contribution < -0.4 is 10.5 Å². The number of ether oxygens (including phenoxy) is 1. The Kier molecular flexibility index (Phi) is 3.59. The van der Waals surface area contributed by atoms with E-state index in [4.69, 9.17) is 14.9 Å². The fraction of sp³-hybridized carbons (Fsp3) is 0.188. The molecule has 108 valence electrons. The predicted octanol–water partition coefficient (Wildman–Crippen LogP) is 4.55. The number of nitrogens with two attached hydrogens (primary N) is 1. The highest BCUT2D eigenvalue weighted by molar-refractivity contribution is 9.10. The Morgan fingerprint density at radius 3 is 2.81 bits per heavy atom. The minimum absolute atomic E-state index is 0.572. The minimum Gasteiger partial charge on any atom is -0.493 e. The van der Waals surface area contributed by atoms with Gasteiger partial charge in [-0.1, -0.05) is 0 Å². The molecule has 0 atom stereocenters. The minimum atomic E-state index is 0.572. The zero-order valence-corrected chi connectivity index (χ0v) is 13.4. The van der Waals surface area contributed by atoms with Crippen molar-refractivity contribution in [1.82, 2.24) is 4.98 Å². The van der Waals surface area contributed by atoms with Gasteiger partial charge in [0.1, 0.15) is 11.3 Å². The van der Waals surface area contributed by atoms with Crippen LogP contribution >= 0.6 is 15.9 Å². The molecule has 21 heavy (non-hydrogen) atoms. The van der Waals surface area contributed by atoms with Gasteiger partial charge in [0.15, 0.2) is 5.58 Å². The lowest BCUT2D eigenvalue weighted by Crippen LogP contribution is -1.92. The summed E-state index contributed by atoms with van der Waals surface area (Å²) in [6, 6.07) is 9.47. The van der Waals surface area contributed by atoms with Crippen LogP contribution in [0.4, 0.5) is 5.69 Å². The Morgan fingerprint density at radius 2 is 2.10 bits per heavy atom. The molecule has 1 heterocycles. The Morgan fingerprint density at radius 1 is 1.29 bits per heavy atom. The molecule has 0 spiro atoms. The van der Waals surface area contributed by atoms with Gasteiger partial charge in [0.25, 0.3) is 0 Å². The molecule has 0 saturated heterocycles. The van der Waals surface area contributed by atoms with Crippen LogP contribution in [0.1, 0.15) is 12.5 Å². The lowest BCUT2D eigenvalue weighted by molar-refractivity contribution is 0.338. The summed E-state index contributed by atoms with van der Waals surface area (Å²) < 4.78 is 12.2. The lowest BCUT2D eigenvalue weighted by Gasteiger charge is -2.06. The molecule has 0 saturated carbocycles. The molecule has 5 heteroatoms. The van der Waals surface area contributed by atoms with Gasteiger partial charge in [-0.2, -0.15) is 0 Å². The third-order valence-electron chi connectivity index (χ3n) is 3.18. The van der Waals surface area contributed by atoms with Crippen molar-refractivity contribution < 1.29 is 9.15 Å². The molecule has 2 aromatic carbocycles. The second-order valence-electron chi connectivity index (χ2n) is 4.78. The molecule has 0 aliphatic carbocycles. The molecule has 0 amide bonds. The first-order chi connectivity index (χ1) is 10.1. The number of anilines is 1. The Balaban J connectivity index is 2.08. The summed E-state index contributed by atoms with van der Waals surface area (Å²) in [6.45, 7) is 4.54. The maximum absolute atomic E-state index is 5.87. The van der Waals surface area contributed by atoms with E-state index in [1.54, 1.807) is 0 Å². The maximum atomic E-state index is 5.87. The number of halogens is 1. The van der Waals surface area contributed by atoms with Crippen LogP contribution in [0, 0.1) is 6.92 Å². The van der Waals surface area contributed by atoms with Gasteiger partial charge in [0, 0.05) is 11.3 Å². The normalized spacial score (nSPS) is 11.0. The molecule has 1 aromatic heterocycles. The average Bonchev–Trinajstić information content (AvgIpc) is 2.85. The number of benzene rings is 2. The van der Waals surface area contributed by atoms with Gasteiger partial charge >= 0.3 is 0 Å². The number of fused-ring (bicyclic) bond motifs is 1. The van der Waals surface area contributed by atoms with Crippen molar-refractivity contribution in [2.45, 2.75) is 13.8 Å². The number of nitrogens with zero attached hydrogens (tertiary/aromatic N) is 1. The molecule has 4 nitrogen and oxygen atoms in total. The second-order valence-corrected chi connectivity index (χ2v) is 5.64. The van der Waals surface area contributed by atoms with E-state index in [1.807, 2.05) is 44.2 Å². The monoisotopic (exact) mass is 346 g/mol. The molecule has 3 aromatic rings. The zero-order valence-electron chi connectivity index (χ0n) is 11.8. The van der Waals surface area contributed by atoms with Gasteiger partial charge in [-0.05, 0) is 65.7 Å². The first kappa shape index (κ1) is 13.9. The van der Waals surface area contributed by atoms with E-state index < -0.39 is 0 Å². The molecular weight excluding hydrogens is 332 g/mol. The fourth-order valence-electron chi connectivity index (χ4n) is 2.26. The van der Waals surface area contributed by atoms with Gasteiger partial charge in [0.05, 0.1) is 11.1 Å². The predicted molar refractivity (Wildman–Crippen MR) is 87.5 cm³/mol. The Bertz CT molecular complexity index is 811. The highest BCUT2D eigenvalue weighted by Crippen LogP contribution is 2.33. The summed E-state index contributed by atoms with van der Waals surface area (Å²) in [7, 11) is 0. The van der Waals surface area contributed by atoms with Crippen molar-refractivity contribution in [3.8, 4) is 17.2 Å². The van der Waals surface area contributed by atoms with Crippen LogP contribution in [0.2, 0.25) is 0 Å². The summed E-state index contributed by atoms with van der Waals surface area (Å²) in [5.74, 6) is 1.38. The Hall–Kier alpha value is -2.01. The summed E-state index contributed by atoms with van der Waals surface area (Å²) in [5, 5.41) is 0. The third kappa shape index (κ3) is 2.61.